The number of carboxylic acid groups (broad SMARTS) is 1. The van der Waals surface area contributed by atoms with Gasteiger partial charge < -0.3 is 5.11 Å². The van der Waals surface area contributed by atoms with Crippen molar-refractivity contribution in [1.82, 2.24) is 4.90 Å². The van der Waals surface area contributed by atoms with E-state index in [0.29, 0.717) is 17.4 Å². The first-order valence-corrected chi connectivity index (χ1v) is 8.33. The van der Waals surface area contributed by atoms with E-state index < -0.39 is 5.97 Å². The quantitative estimate of drug-likeness (QED) is 0.842. The highest BCUT2D eigenvalue weighted by Crippen LogP contribution is 2.52. The second-order valence-electron chi connectivity index (χ2n) is 8.26. The Bertz CT molecular complexity index is 390. The Kier molecular flexibility index (Phi) is 3.39. The molecule has 3 atom stereocenters. The molecule has 3 aliphatic rings. The van der Waals surface area contributed by atoms with Gasteiger partial charge in [-0.3, -0.25) is 9.69 Å². The summed E-state index contributed by atoms with van der Waals surface area (Å²) >= 11 is 0. The van der Waals surface area contributed by atoms with Crippen LogP contribution in [0.2, 0.25) is 0 Å². The summed E-state index contributed by atoms with van der Waals surface area (Å²) < 4.78 is 0. The summed E-state index contributed by atoms with van der Waals surface area (Å²) in [5.41, 5.74) is 0.556. The van der Waals surface area contributed by atoms with Gasteiger partial charge in [-0.05, 0) is 42.4 Å². The molecule has 0 radical (unpaired) electrons. The Morgan fingerprint density at radius 3 is 2.30 bits per heavy atom. The molecular weight excluding hydrogens is 250 g/mol. The van der Waals surface area contributed by atoms with Crippen LogP contribution in [0.25, 0.3) is 0 Å². The molecule has 0 amide bonds. The van der Waals surface area contributed by atoms with Gasteiger partial charge in [0.25, 0.3) is 0 Å². The van der Waals surface area contributed by atoms with Crippen LogP contribution in [0.5, 0.6) is 0 Å². The molecule has 1 spiro atoms. The molecule has 1 heterocycles. The van der Waals surface area contributed by atoms with E-state index in [1.807, 2.05) is 0 Å². The fourth-order valence-electron chi connectivity index (χ4n) is 5.20. The Balaban J connectivity index is 1.66. The molecule has 3 heteroatoms. The molecule has 3 unspecified atom stereocenters. The molecule has 0 bridgehead atoms. The number of nitrogens with zero attached hydrogens (tertiary/aromatic N) is 1. The van der Waals surface area contributed by atoms with E-state index >= 15 is 0 Å². The van der Waals surface area contributed by atoms with Crippen molar-refractivity contribution in [3.63, 3.8) is 0 Å². The summed E-state index contributed by atoms with van der Waals surface area (Å²) in [6.07, 6.45) is 7.59. The van der Waals surface area contributed by atoms with Crippen molar-refractivity contribution in [2.75, 3.05) is 13.1 Å². The Morgan fingerprint density at radius 1 is 1.15 bits per heavy atom. The highest BCUT2D eigenvalue weighted by molar-refractivity contribution is 5.71. The molecule has 20 heavy (non-hydrogen) atoms. The molecule has 3 fully saturated rings. The Labute approximate surface area is 122 Å². The van der Waals surface area contributed by atoms with Gasteiger partial charge in [0.15, 0.2) is 0 Å². The van der Waals surface area contributed by atoms with Crippen molar-refractivity contribution in [2.24, 2.45) is 22.7 Å². The largest absolute Gasteiger partial charge is 0.481 e. The van der Waals surface area contributed by atoms with Crippen molar-refractivity contribution < 1.29 is 9.90 Å². The first-order chi connectivity index (χ1) is 9.36. The average molecular weight is 279 g/mol. The van der Waals surface area contributed by atoms with Gasteiger partial charge in [-0.25, -0.2) is 0 Å². The summed E-state index contributed by atoms with van der Waals surface area (Å²) in [6.45, 7) is 9.15. The maximum atomic E-state index is 11.5. The molecule has 1 N–H and O–H groups in total. The van der Waals surface area contributed by atoms with Crippen molar-refractivity contribution in [2.45, 2.75) is 65.3 Å². The van der Waals surface area contributed by atoms with Crippen LogP contribution < -0.4 is 0 Å². The molecule has 1 saturated heterocycles. The van der Waals surface area contributed by atoms with E-state index in [-0.39, 0.29) is 11.3 Å². The van der Waals surface area contributed by atoms with Gasteiger partial charge in [0, 0.05) is 19.1 Å². The van der Waals surface area contributed by atoms with Gasteiger partial charge in [0.2, 0.25) is 0 Å². The van der Waals surface area contributed by atoms with Crippen molar-refractivity contribution >= 4 is 5.97 Å². The number of aliphatic carboxylic acids is 1. The molecule has 2 saturated carbocycles. The molecule has 3 rings (SSSR count). The molecule has 0 aromatic rings. The lowest BCUT2D eigenvalue weighted by atomic mass is 9.59. The number of carbonyl (C=O) groups is 1. The lowest BCUT2D eigenvalue weighted by Crippen LogP contribution is -2.63. The van der Waals surface area contributed by atoms with Crippen LogP contribution in [-0.4, -0.2) is 35.1 Å². The number of rotatable bonds is 2. The van der Waals surface area contributed by atoms with E-state index in [1.165, 1.54) is 38.8 Å². The zero-order valence-electron chi connectivity index (χ0n) is 13.2. The van der Waals surface area contributed by atoms with Crippen LogP contribution >= 0.6 is 0 Å². The number of likely N-dealkylation sites (tertiary alicyclic amines) is 1. The van der Waals surface area contributed by atoms with Gasteiger partial charge >= 0.3 is 5.97 Å². The van der Waals surface area contributed by atoms with Crippen LogP contribution in [0.1, 0.15) is 59.3 Å². The van der Waals surface area contributed by atoms with E-state index in [2.05, 4.69) is 25.7 Å². The van der Waals surface area contributed by atoms with Crippen LogP contribution in [-0.2, 0) is 4.79 Å². The molecular formula is C17H29NO2. The van der Waals surface area contributed by atoms with Crippen molar-refractivity contribution in [3.8, 4) is 0 Å². The SMILES string of the molecule is CC1C(N2CC3(CCCC3)C2)CCC(C(=O)O)C1(C)C. The highest BCUT2D eigenvalue weighted by Gasteiger charge is 2.53. The Hall–Kier alpha value is -0.570. The number of hydrogen-bond acceptors (Lipinski definition) is 2. The zero-order valence-corrected chi connectivity index (χ0v) is 13.2. The predicted molar refractivity (Wildman–Crippen MR) is 79.6 cm³/mol. The van der Waals surface area contributed by atoms with Gasteiger partial charge in [-0.15, -0.1) is 0 Å². The van der Waals surface area contributed by atoms with Crippen molar-refractivity contribution in [1.29, 1.82) is 0 Å². The number of hydrogen-bond donors (Lipinski definition) is 1. The summed E-state index contributed by atoms with van der Waals surface area (Å²) in [7, 11) is 0. The van der Waals surface area contributed by atoms with Crippen molar-refractivity contribution in [3.05, 3.63) is 0 Å². The first kappa shape index (κ1) is 14.4. The third-order valence-corrected chi connectivity index (χ3v) is 6.91. The maximum Gasteiger partial charge on any atom is 0.307 e. The molecule has 3 nitrogen and oxygen atoms in total. The van der Waals surface area contributed by atoms with E-state index in [4.69, 9.17) is 0 Å². The fourth-order valence-corrected chi connectivity index (χ4v) is 5.20. The Morgan fingerprint density at radius 2 is 1.75 bits per heavy atom. The second-order valence-corrected chi connectivity index (χ2v) is 8.26. The van der Waals surface area contributed by atoms with Gasteiger partial charge in [-0.2, -0.15) is 0 Å². The monoisotopic (exact) mass is 279 g/mol. The summed E-state index contributed by atoms with van der Waals surface area (Å²) in [4.78, 5) is 14.1. The summed E-state index contributed by atoms with van der Waals surface area (Å²) in [5.74, 6) is -0.303. The lowest BCUT2D eigenvalue weighted by molar-refractivity contribution is -0.155. The summed E-state index contributed by atoms with van der Waals surface area (Å²) in [6, 6.07) is 0.604. The highest BCUT2D eigenvalue weighted by atomic mass is 16.4. The predicted octanol–water partition coefficient (Wildman–Crippen LogP) is 3.39. The standard InChI is InChI=1S/C17H29NO2/c1-12-14(7-6-13(15(19)20)16(12,2)3)18-10-17(11-18)8-4-5-9-17/h12-14H,4-11H2,1-3H3,(H,19,20). The minimum atomic E-state index is -0.601. The maximum absolute atomic E-state index is 11.5. The zero-order chi connectivity index (χ0) is 14.5. The molecule has 114 valence electrons. The average Bonchev–Trinajstić information content (AvgIpc) is 2.79. The first-order valence-electron chi connectivity index (χ1n) is 8.33. The topological polar surface area (TPSA) is 40.5 Å². The van der Waals surface area contributed by atoms with E-state index in [0.717, 1.165) is 12.8 Å². The van der Waals surface area contributed by atoms with Gasteiger partial charge in [-0.1, -0.05) is 33.6 Å². The van der Waals surface area contributed by atoms with Crippen LogP contribution in [0.3, 0.4) is 0 Å². The molecule has 1 aliphatic heterocycles. The number of carboxylic acids is 1. The summed E-state index contributed by atoms with van der Waals surface area (Å²) in [5, 5.41) is 9.44. The second kappa shape index (κ2) is 4.72. The third kappa shape index (κ3) is 2.09. The smallest absolute Gasteiger partial charge is 0.307 e. The molecule has 0 aromatic heterocycles. The van der Waals surface area contributed by atoms with Crippen LogP contribution in [0.15, 0.2) is 0 Å². The minimum absolute atomic E-state index is 0.0901. The molecule has 0 aromatic carbocycles. The third-order valence-electron chi connectivity index (χ3n) is 6.91. The minimum Gasteiger partial charge on any atom is -0.481 e. The van der Waals surface area contributed by atoms with E-state index in [9.17, 15) is 9.90 Å². The lowest BCUT2D eigenvalue weighted by Gasteiger charge is -2.58. The van der Waals surface area contributed by atoms with Crippen LogP contribution in [0, 0.1) is 22.7 Å². The normalized spacial score (nSPS) is 39.6. The van der Waals surface area contributed by atoms with Crippen LogP contribution in [0.4, 0.5) is 0 Å². The van der Waals surface area contributed by atoms with Gasteiger partial charge in [0.1, 0.15) is 0 Å². The fraction of sp³-hybridized carbons (Fsp3) is 0.941. The van der Waals surface area contributed by atoms with E-state index in [1.54, 1.807) is 0 Å². The van der Waals surface area contributed by atoms with Gasteiger partial charge in [0.05, 0.1) is 5.92 Å². The molecule has 2 aliphatic carbocycles.